The molecule has 38 heavy (non-hydrogen) atoms. The normalized spacial score (nSPS) is 16.7. The van der Waals surface area contributed by atoms with E-state index in [4.69, 9.17) is 0 Å². The minimum absolute atomic E-state index is 1.27. The lowest BCUT2D eigenvalue weighted by molar-refractivity contribution is -0.453. The van der Waals surface area contributed by atoms with Crippen molar-refractivity contribution < 1.29 is 119 Å². The first-order chi connectivity index (χ1) is 15.9. The quantitative estimate of drug-likeness (QED) is 0.192. The van der Waals surface area contributed by atoms with Crippen LogP contribution in [-0.2, 0) is 13.3 Å². The maximum Gasteiger partial charge on any atom is 0.629 e. The maximum atomic E-state index is 13.3. The summed E-state index contributed by atoms with van der Waals surface area (Å²) in [6.07, 6.45) is -49.2. The van der Waals surface area contributed by atoms with Crippen LogP contribution in [0.25, 0.3) is 0 Å². The van der Waals surface area contributed by atoms with Crippen LogP contribution in [0.2, 0.25) is 0 Å². The van der Waals surface area contributed by atoms with Gasteiger partial charge in [0.2, 0.25) is 0 Å². The second-order valence-electron chi connectivity index (χ2n) is 6.13. The molecule has 0 saturated carbocycles. The monoisotopic (exact) mass is 652 g/mol. The van der Waals surface area contributed by atoms with Crippen molar-refractivity contribution in [2.75, 3.05) is 0 Å². The summed E-state index contributed by atoms with van der Waals surface area (Å²) in [5.41, 5.74) is 0. The number of hydrogen-bond donors (Lipinski definition) is 0. The van der Waals surface area contributed by atoms with Gasteiger partial charge in [0.15, 0.2) is 0 Å². The maximum absolute atomic E-state index is 13.3. The molecule has 0 aromatic heterocycles. The fraction of sp³-hybridized carbons (Fsp3) is 1.00. The van der Waals surface area contributed by atoms with E-state index >= 15 is 0 Å². The molecule has 0 N–H and O–H groups in total. The molecule has 28 heteroatoms. The Bertz CT molecular complexity index is 732. The van der Waals surface area contributed by atoms with Gasteiger partial charge in [0.25, 0.3) is 0 Å². The van der Waals surface area contributed by atoms with Gasteiger partial charge in [0.05, 0.1) is 0 Å². The van der Waals surface area contributed by atoms with Crippen molar-refractivity contribution in [1.29, 1.82) is 0 Å². The molecule has 0 amide bonds. The molecular formula is C10F24O3Si. The summed E-state index contributed by atoms with van der Waals surface area (Å²) in [6, 6.07) is 0. The van der Waals surface area contributed by atoms with E-state index in [-0.39, 0.29) is 0 Å². The molecule has 0 aliphatic rings. The molecule has 0 aromatic carbocycles. The zero-order chi connectivity index (χ0) is 31.6. The zero-order valence-corrected chi connectivity index (χ0v) is 16.8. The lowest BCUT2D eigenvalue weighted by Crippen LogP contribution is -2.73. The van der Waals surface area contributed by atoms with E-state index in [1.807, 2.05) is 0 Å². The summed E-state index contributed by atoms with van der Waals surface area (Å²) in [4.78, 5) is 0. The average Bonchev–Trinajstić information content (AvgIpc) is 2.55. The van der Waals surface area contributed by atoms with Gasteiger partial charge < -0.3 is 13.3 Å². The fourth-order valence-electron chi connectivity index (χ4n) is 1.43. The summed E-state index contributed by atoms with van der Waals surface area (Å²) in [7, 11) is -10.7. The van der Waals surface area contributed by atoms with E-state index in [1.54, 1.807) is 0 Å². The summed E-state index contributed by atoms with van der Waals surface area (Å²) >= 11 is 0. The van der Waals surface area contributed by atoms with Gasteiger partial charge >= 0.3 is 69.2 Å². The van der Waals surface area contributed by atoms with Gasteiger partial charge in [-0.3, -0.25) is 0 Å². The van der Waals surface area contributed by atoms with Crippen LogP contribution in [-0.4, -0.2) is 69.2 Å². The van der Waals surface area contributed by atoms with Crippen molar-refractivity contribution in [3.05, 3.63) is 0 Å². The van der Waals surface area contributed by atoms with Crippen LogP contribution < -0.4 is 0 Å². The van der Waals surface area contributed by atoms with E-state index in [1.165, 1.54) is 13.3 Å². The first-order valence-corrected chi connectivity index (χ1v) is 9.24. The summed E-state index contributed by atoms with van der Waals surface area (Å²) in [5, 5.41) is 0. The summed E-state index contributed by atoms with van der Waals surface area (Å²) in [6.45, 7) is 0. The summed E-state index contributed by atoms with van der Waals surface area (Å²) in [5.74, 6) is -33.3. The first kappa shape index (κ1) is 36.4. The molecule has 0 aliphatic heterocycles. The molecule has 0 rings (SSSR count). The molecular weight excluding hydrogens is 652 g/mol. The predicted molar refractivity (Wildman–Crippen MR) is 62.9 cm³/mol. The molecule has 0 unspecified atom stereocenters. The third kappa shape index (κ3) is 6.09. The van der Waals surface area contributed by atoms with E-state index in [0.29, 0.717) is 0 Å². The lowest BCUT2D eigenvalue weighted by atomic mass is 10.3. The Hall–Kier alpha value is -1.58. The van der Waals surface area contributed by atoms with Crippen LogP contribution in [0.5, 0.6) is 0 Å². The Morgan fingerprint density at radius 3 is 0.553 bits per heavy atom. The van der Waals surface area contributed by atoms with Crippen LogP contribution in [0.15, 0.2) is 0 Å². The molecule has 0 fully saturated rings. The number of rotatable bonds is 9. The highest BCUT2D eigenvalue weighted by Crippen LogP contribution is 2.56. The van der Waals surface area contributed by atoms with Gasteiger partial charge in [-0.1, -0.05) is 0 Å². The second-order valence-corrected chi connectivity index (χ2v) is 8.42. The minimum Gasteiger partial charge on any atom is -0.303 e. The van der Waals surface area contributed by atoms with Crippen molar-refractivity contribution in [2.24, 2.45) is 0 Å². The smallest absolute Gasteiger partial charge is 0.303 e. The van der Waals surface area contributed by atoms with Gasteiger partial charge in [-0.05, 0) is 0 Å². The largest absolute Gasteiger partial charge is 0.629 e. The van der Waals surface area contributed by atoms with E-state index in [0.717, 1.165) is 0 Å². The van der Waals surface area contributed by atoms with E-state index in [2.05, 4.69) is 0 Å². The minimum atomic E-state index is -10.7. The Morgan fingerprint density at radius 2 is 0.447 bits per heavy atom. The van der Waals surface area contributed by atoms with Gasteiger partial charge in [-0.25, -0.2) is 0 Å². The SMILES string of the molecule is FC(F)(F)C(F)(F)C(F)(F)O[Si](OC(F)(F)C(F)(F)C(F)(F)F)(OC(F)(F)C(F)(F)C(F)(F)F)C(F)(F)F. The van der Waals surface area contributed by atoms with Crippen molar-refractivity contribution in [1.82, 2.24) is 0 Å². The second kappa shape index (κ2) is 9.23. The molecule has 0 heterocycles. The molecule has 0 bridgehead atoms. The van der Waals surface area contributed by atoms with Crippen LogP contribution in [0, 0.1) is 0 Å². The van der Waals surface area contributed by atoms with Crippen LogP contribution in [0.4, 0.5) is 105 Å². The van der Waals surface area contributed by atoms with E-state index in [9.17, 15) is 105 Å². The van der Waals surface area contributed by atoms with Crippen molar-refractivity contribution in [3.63, 3.8) is 0 Å². The Labute approximate surface area is 189 Å². The van der Waals surface area contributed by atoms with Crippen molar-refractivity contribution in [2.45, 2.75) is 60.4 Å². The number of alkyl halides is 24. The third-order valence-electron chi connectivity index (χ3n) is 3.30. The van der Waals surface area contributed by atoms with Gasteiger partial charge in [0, 0.05) is 0 Å². The van der Waals surface area contributed by atoms with Crippen molar-refractivity contribution in [3.8, 4) is 0 Å². The number of halogens is 24. The average molecular weight is 652 g/mol. The Morgan fingerprint density at radius 1 is 0.289 bits per heavy atom. The topological polar surface area (TPSA) is 27.7 Å². The van der Waals surface area contributed by atoms with Gasteiger partial charge in [0.1, 0.15) is 0 Å². The van der Waals surface area contributed by atoms with Crippen LogP contribution >= 0.6 is 0 Å². The lowest BCUT2D eigenvalue weighted by Gasteiger charge is -2.41. The Kier molecular flexibility index (Phi) is 8.85. The molecule has 0 atom stereocenters. The molecule has 0 aliphatic carbocycles. The molecule has 230 valence electrons. The highest BCUT2D eigenvalue weighted by Gasteiger charge is 2.88. The molecule has 3 nitrogen and oxygen atoms in total. The first-order valence-electron chi connectivity index (χ1n) is 7.51. The zero-order valence-electron chi connectivity index (χ0n) is 15.8. The van der Waals surface area contributed by atoms with E-state index < -0.39 is 69.2 Å². The van der Waals surface area contributed by atoms with Gasteiger partial charge in [-0.15, -0.1) is 0 Å². The van der Waals surface area contributed by atoms with Crippen LogP contribution in [0.1, 0.15) is 0 Å². The highest BCUT2D eigenvalue weighted by atomic mass is 28.4. The van der Waals surface area contributed by atoms with Gasteiger partial charge in [-0.2, -0.15) is 105 Å². The summed E-state index contributed by atoms with van der Waals surface area (Å²) < 4.78 is 309. The fourth-order valence-corrected chi connectivity index (χ4v) is 3.30. The van der Waals surface area contributed by atoms with Crippen molar-refractivity contribution >= 4 is 8.80 Å². The predicted octanol–water partition coefficient (Wildman–Crippen LogP) is 7.45. The number of hydrogen-bond acceptors (Lipinski definition) is 3. The Balaban J connectivity index is 7.56. The molecule has 0 radical (unpaired) electrons. The third-order valence-corrected chi connectivity index (χ3v) is 5.57. The molecule has 0 saturated heterocycles. The van der Waals surface area contributed by atoms with Crippen LogP contribution in [0.3, 0.4) is 0 Å². The standard InChI is InChI=1S/C10F24O3Si/c11-1(12,4(17,18)19)7(26,27)35-38(10(32,33)34,36-8(28,29)2(13,14)5(20,21)22)37-9(30,31)3(15,16)6(23,24)25. The molecule has 0 spiro atoms. The highest BCUT2D eigenvalue weighted by molar-refractivity contribution is 6.63. The molecule has 0 aromatic rings.